The molecule has 1 amide bonds. The number of amides is 1. The van der Waals surface area contributed by atoms with E-state index in [0.29, 0.717) is 11.5 Å². The van der Waals surface area contributed by atoms with Crippen molar-refractivity contribution >= 4 is 23.2 Å². The number of nitrogens with zero attached hydrogens (tertiary/aromatic N) is 4. The van der Waals surface area contributed by atoms with Crippen molar-refractivity contribution in [1.82, 2.24) is 9.97 Å². The van der Waals surface area contributed by atoms with Crippen LogP contribution in [0.3, 0.4) is 0 Å². The van der Waals surface area contributed by atoms with E-state index in [0.717, 1.165) is 24.5 Å². The molecule has 0 atom stereocenters. The third-order valence-corrected chi connectivity index (χ3v) is 4.42. The molecule has 1 N–H and O–H groups in total. The van der Waals surface area contributed by atoms with E-state index in [9.17, 15) is 4.79 Å². The van der Waals surface area contributed by atoms with Gasteiger partial charge in [0, 0.05) is 51.0 Å². The number of anilines is 3. The zero-order valence-electron chi connectivity index (χ0n) is 16.5. The second-order valence-electron chi connectivity index (χ2n) is 6.67. The molecular formula is C22H25N5O. The summed E-state index contributed by atoms with van der Waals surface area (Å²) in [6, 6.07) is 17.8. The molecule has 3 aromatic rings. The van der Waals surface area contributed by atoms with E-state index < -0.39 is 0 Å². The fraction of sp³-hybridized carbons (Fsp3) is 0.227. The SMILES string of the molecule is CCN(Cc1ccccc1)c1ncc(C(=O)Nc2ccc(N(C)C)cc2)cn1. The predicted octanol–water partition coefficient (Wildman–Crippen LogP) is 3.82. The van der Waals surface area contributed by atoms with Crippen LogP contribution in [0.4, 0.5) is 17.3 Å². The van der Waals surface area contributed by atoms with Gasteiger partial charge in [0.1, 0.15) is 0 Å². The van der Waals surface area contributed by atoms with Gasteiger partial charge in [0.25, 0.3) is 5.91 Å². The first-order valence-electron chi connectivity index (χ1n) is 9.26. The van der Waals surface area contributed by atoms with Crippen molar-refractivity contribution in [1.29, 1.82) is 0 Å². The molecule has 0 aliphatic heterocycles. The average Bonchev–Trinajstić information content (AvgIpc) is 2.73. The first kappa shape index (κ1) is 19.4. The molecule has 3 rings (SSSR count). The Hall–Kier alpha value is -3.41. The summed E-state index contributed by atoms with van der Waals surface area (Å²) in [5.41, 5.74) is 3.43. The maximum absolute atomic E-state index is 12.5. The van der Waals surface area contributed by atoms with Crippen LogP contribution in [-0.2, 0) is 6.54 Å². The Labute approximate surface area is 165 Å². The molecule has 144 valence electrons. The van der Waals surface area contributed by atoms with Gasteiger partial charge in [0.15, 0.2) is 0 Å². The van der Waals surface area contributed by atoms with E-state index in [2.05, 4.69) is 39.2 Å². The molecule has 0 fully saturated rings. The van der Waals surface area contributed by atoms with Crippen LogP contribution >= 0.6 is 0 Å². The van der Waals surface area contributed by atoms with Crippen molar-refractivity contribution in [3.63, 3.8) is 0 Å². The number of carbonyl (C=O) groups excluding carboxylic acids is 1. The van der Waals surface area contributed by atoms with Gasteiger partial charge in [0.05, 0.1) is 5.56 Å². The number of benzene rings is 2. The zero-order valence-corrected chi connectivity index (χ0v) is 16.5. The molecule has 0 saturated heterocycles. The minimum atomic E-state index is -0.227. The highest BCUT2D eigenvalue weighted by molar-refractivity contribution is 6.03. The highest BCUT2D eigenvalue weighted by Crippen LogP contribution is 2.17. The number of hydrogen-bond donors (Lipinski definition) is 1. The van der Waals surface area contributed by atoms with Gasteiger partial charge in [-0.2, -0.15) is 0 Å². The first-order chi connectivity index (χ1) is 13.6. The Balaban J connectivity index is 1.66. The van der Waals surface area contributed by atoms with E-state index in [-0.39, 0.29) is 5.91 Å². The molecule has 6 nitrogen and oxygen atoms in total. The van der Waals surface area contributed by atoms with Crippen molar-refractivity contribution in [2.45, 2.75) is 13.5 Å². The number of aromatic nitrogens is 2. The van der Waals surface area contributed by atoms with Gasteiger partial charge in [-0.25, -0.2) is 9.97 Å². The molecule has 28 heavy (non-hydrogen) atoms. The monoisotopic (exact) mass is 375 g/mol. The van der Waals surface area contributed by atoms with Gasteiger partial charge in [-0.1, -0.05) is 30.3 Å². The lowest BCUT2D eigenvalue weighted by Gasteiger charge is -2.20. The Kier molecular flexibility index (Phi) is 6.22. The Morgan fingerprint density at radius 3 is 2.18 bits per heavy atom. The molecule has 6 heteroatoms. The molecule has 0 bridgehead atoms. The van der Waals surface area contributed by atoms with Crippen molar-refractivity contribution in [3.8, 4) is 0 Å². The quantitative estimate of drug-likeness (QED) is 0.680. The van der Waals surface area contributed by atoms with Crippen LogP contribution in [-0.4, -0.2) is 36.5 Å². The summed E-state index contributed by atoms with van der Waals surface area (Å²) in [5, 5.41) is 2.88. The normalized spacial score (nSPS) is 10.4. The second kappa shape index (κ2) is 8.99. The molecule has 1 aromatic heterocycles. The third-order valence-electron chi connectivity index (χ3n) is 4.42. The maximum atomic E-state index is 12.5. The largest absolute Gasteiger partial charge is 0.378 e. The fourth-order valence-corrected chi connectivity index (χ4v) is 2.78. The number of carbonyl (C=O) groups is 1. The van der Waals surface area contributed by atoms with Crippen LogP contribution < -0.4 is 15.1 Å². The zero-order chi connectivity index (χ0) is 19.9. The van der Waals surface area contributed by atoms with Crippen molar-refractivity contribution in [3.05, 3.63) is 78.1 Å². The predicted molar refractivity (Wildman–Crippen MR) is 114 cm³/mol. The smallest absolute Gasteiger partial charge is 0.258 e. The van der Waals surface area contributed by atoms with Gasteiger partial charge in [-0.3, -0.25) is 4.79 Å². The van der Waals surface area contributed by atoms with E-state index >= 15 is 0 Å². The fourth-order valence-electron chi connectivity index (χ4n) is 2.78. The highest BCUT2D eigenvalue weighted by atomic mass is 16.1. The molecule has 0 aliphatic carbocycles. The van der Waals surface area contributed by atoms with Gasteiger partial charge < -0.3 is 15.1 Å². The second-order valence-corrected chi connectivity index (χ2v) is 6.67. The van der Waals surface area contributed by atoms with Crippen LogP contribution in [0.5, 0.6) is 0 Å². The summed E-state index contributed by atoms with van der Waals surface area (Å²) < 4.78 is 0. The van der Waals surface area contributed by atoms with Crippen LogP contribution in [0.1, 0.15) is 22.8 Å². The average molecular weight is 375 g/mol. The van der Waals surface area contributed by atoms with Crippen LogP contribution in [0.25, 0.3) is 0 Å². The minimum absolute atomic E-state index is 0.227. The summed E-state index contributed by atoms with van der Waals surface area (Å²) in [6.45, 7) is 3.56. The van der Waals surface area contributed by atoms with E-state index in [1.54, 1.807) is 12.4 Å². The Bertz CT molecular complexity index is 892. The standard InChI is InChI=1S/C22H25N5O/c1-4-27(16-17-8-6-5-7-9-17)22-23-14-18(15-24-22)21(28)25-19-10-12-20(13-11-19)26(2)3/h5-15H,4,16H2,1-3H3,(H,25,28). The molecule has 0 spiro atoms. The summed E-state index contributed by atoms with van der Waals surface area (Å²) in [7, 11) is 3.95. The van der Waals surface area contributed by atoms with E-state index in [1.165, 1.54) is 5.56 Å². The van der Waals surface area contributed by atoms with E-state index in [1.807, 2.05) is 61.5 Å². The molecular weight excluding hydrogens is 350 g/mol. The Morgan fingerprint density at radius 1 is 0.964 bits per heavy atom. The summed E-state index contributed by atoms with van der Waals surface area (Å²) in [6.07, 6.45) is 3.14. The summed E-state index contributed by atoms with van der Waals surface area (Å²) >= 11 is 0. The van der Waals surface area contributed by atoms with Crippen LogP contribution in [0.15, 0.2) is 67.0 Å². The minimum Gasteiger partial charge on any atom is -0.378 e. The molecule has 0 saturated carbocycles. The molecule has 0 radical (unpaired) electrons. The number of hydrogen-bond acceptors (Lipinski definition) is 5. The first-order valence-corrected chi connectivity index (χ1v) is 9.26. The molecule has 0 unspecified atom stereocenters. The molecule has 0 aliphatic rings. The lowest BCUT2D eigenvalue weighted by Crippen LogP contribution is -2.24. The molecule has 1 heterocycles. The third kappa shape index (κ3) is 4.85. The van der Waals surface area contributed by atoms with Gasteiger partial charge in [-0.15, -0.1) is 0 Å². The Morgan fingerprint density at radius 2 is 1.61 bits per heavy atom. The number of rotatable bonds is 7. The maximum Gasteiger partial charge on any atom is 0.258 e. The van der Waals surface area contributed by atoms with Crippen LogP contribution in [0.2, 0.25) is 0 Å². The van der Waals surface area contributed by atoms with Gasteiger partial charge in [-0.05, 0) is 36.8 Å². The summed E-state index contributed by atoms with van der Waals surface area (Å²) in [5.74, 6) is 0.383. The van der Waals surface area contributed by atoms with E-state index in [4.69, 9.17) is 0 Å². The lowest BCUT2D eigenvalue weighted by atomic mass is 10.2. The topological polar surface area (TPSA) is 61.4 Å². The van der Waals surface area contributed by atoms with Gasteiger partial charge >= 0.3 is 0 Å². The highest BCUT2D eigenvalue weighted by Gasteiger charge is 2.12. The number of nitrogens with one attached hydrogen (secondary N) is 1. The van der Waals surface area contributed by atoms with Crippen molar-refractivity contribution in [2.75, 3.05) is 35.8 Å². The van der Waals surface area contributed by atoms with Gasteiger partial charge in [0.2, 0.25) is 5.95 Å². The van der Waals surface area contributed by atoms with Crippen LogP contribution in [0, 0.1) is 0 Å². The molecule has 2 aromatic carbocycles. The van der Waals surface area contributed by atoms with Crippen molar-refractivity contribution in [2.24, 2.45) is 0 Å². The lowest BCUT2D eigenvalue weighted by molar-refractivity contribution is 0.102. The summed E-state index contributed by atoms with van der Waals surface area (Å²) in [4.78, 5) is 25.3. The van der Waals surface area contributed by atoms with Crippen molar-refractivity contribution < 1.29 is 4.79 Å².